The smallest absolute Gasteiger partial charge is 0.330 e. The molecule has 0 aliphatic heterocycles. The highest BCUT2D eigenvalue weighted by molar-refractivity contribution is 5.85. The molecule has 0 heterocycles. The molecular weight excluding hydrogens is 518 g/mol. The lowest BCUT2D eigenvalue weighted by Crippen LogP contribution is -2.16. The third-order valence-corrected chi connectivity index (χ3v) is 8.36. The van der Waals surface area contributed by atoms with Crippen LogP contribution in [0.5, 0.6) is 0 Å². The van der Waals surface area contributed by atoms with Crippen molar-refractivity contribution in [1.82, 2.24) is 0 Å². The minimum absolute atomic E-state index is 0.0754. The molecule has 216 valence electrons. The number of fused-ring (bicyclic) bond motifs is 3. The van der Waals surface area contributed by atoms with E-state index >= 15 is 0 Å². The number of hydrogen-bond acceptors (Lipinski definition) is 4. The van der Waals surface area contributed by atoms with Gasteiger partial charge in [0.2, 0.25) is 0 Å². The summed E-state index contributed by atoms with van der Waals surface area (Å²) in [7, 11) is 0. The van der Waals surface area contributed by atoms with E-state index in [0.29, 0.717) is 6.61 Å². The molecule has 0 fully saturated rings. The molecule has 0 bridgehead atoms. The van der Waals surface area contributed by atoms with Gasteiger partial charge in [-0.25, -0.2) is 4.79 Å². The molecule has 0 spiro atoms. The molecule has 0 aromatic heterocycles. The normalized spacial score (nSPS) is 12.8. The van der Waals surface area contributed by atoms with Crippen LogP contribution in [0.3, 0.4) is 0 Å². The summed E-state index contributed by atoms with van der Waals surface area (Å²) in [4.78, 5) is 13.6. The van der Waals surface area contributed by atoms with E-state index in [1.54, 1.807) is 0 Å². The summed E-state index contributed by atoms with van der Waals surface area (Å²) in [6.45, 7) is 8.74. The first-order chi connectivity index (χ1) is 20.4. The van der Waals surface area contributed by atoms with Gasteiger partial charge in [0.25, 0.3) is 0 Å². The van der Waals surface area contributed by atoms with Crippen molar-refractivity contribution in [3.05, 3.63) is 126 Å². The number of carbonyl (C=O) groups is 1. The van der Waals surface area contributed by atoms with Crippen LogP contribution in [0, 0.1) is 0 Å². The minimum Gasteiger partial charge on any atom is -0.463 e. The van der Waals surface area contributed by atoms with Gasteiger partial charge in [-0.3, -0.25) is 0 Å². The quantitative estimate of drug-likeness (QED) is 0.101. The topological polar surface area (TPSA) is 49.8 Å². The number of rotatable bonds is 13. The highest BCUT2D eigenvalue weighted by atomic mass is 16.5. The minimum atomic E-state index is -0.364. The molecule has 0 radical (unpaired) electrons. The van der Waals surface area contributed by atoms with Gasteiger partial charge < -0.3 is 14.7 Å². The van der Waals surface area contributed by atoms with E-state index < -0.39 is 0 Å². The van der Waals surface area contributed by atoms with Crippen molar-refractivity contribution < 1.29 is 14.6 Å². The van der Waals surface area contributed by atoms with Gasteiger partial charge in [0.1, 0.15) is 0 Å². The highest BCUT2D eigenvalue weighted by Crippen LogP contribution is 2.50. The van der Waals surface area contributed by atoms with Gasteiger partial charge in [-0.2, -0.15) is 0 Å². The zero-order valence-electron chi connectivity index (χ0n) is 24.8. The molecule has 0 saturated carbocycles. The first kappa shape index (κ1) is 29.3. The Morgan fingerprint density at radius 3 is 1.95 bits per heavy atom. The summed E-state index contributed by atoms with van der Waals surface area (Å²) < 4.78 is 5.11. The summed E-state index contributed by atoms with van der Waals surface area (Å²) >= 11 is 0. The second kappa shape index (κ2) is 13.2. The lowest BCUT2D eigenvalue weighted by molar-refractivity contribution is -0.137. The van der Waals surface area contributed by atoms with E-state index in [1.807, 2.05) is 0 Å². The first-order valence-electron chi connectivity index (χ1n) is 15.0. The molecule has 0 atom stereocenters. The number of nitrogens with zero attached hydrogens (tertiary/aromatic N) is 1. The Kier molecular flexibility index (Phi) is 9.24. The molecule has 0 saturated heterocycles. The van der Waals surface area contributed by atoms with Crippen molar-refractivity contribution in [1.29, 1.82) is 0 Å². The fourth-order valence-electron chi connectivity index (χ4n) is 6.01. The van der Waals surface area contributed by atoms with Gasteiger partial charge in [-0.1, -0.05) is 75.0 Å². The molecule has 4 heteroatoms. The van der Waals surface area contributed by atoms with Crippen LogP contribution in [-0.2, 0) is 27.8 Å². The van der Waals surface area contributed by atoms with E-state index in [-0.39, 0.29) is 18.0 Å². The van der Waals surface area contributed by atoms with Gasteiger partial charge in [0.05, 0.1) is 6.61 Å². The van der Waals surface area contributed by atoms with Crippen molar-refractivity contribution in [2.45, 2.75) is 57.8 Å². The number of aliphatic hydroxyl groups excluding tert-OH is 1. The van der Waals surface area contributed by atoms with E-state index in [9.17, 15) is 4.79 Å². The Bertz CT molecular complexity index is 1520. The van der Waals surface area contributed by atoms with Crippen molar-refractivity contribution in [2.75, 3.05) is 18.1 Å². The third kappa shape index (κ3) is 6.34. The molecule has 1 aliphatic carbocycles. The Hall–Kier alpha value is -4.15. The maximum atomic E-state index is 11.3. The zero-order valence-corrected chi connectivity index (χ0v) is 24.8. The SMILES string of the molecule is C=CC(=O)OCCCCc1ccc(N(c2ccc(CCCCO)cc2)c2ccc3c(c2)C(C)(C)c2ccccc2-3)cc1. The number of hydrogen-bond donors (Lipinski definition) is 1. The van der Waals surface area contributed by atoms with Gasteiger partial charge in [0, 0.05) is 35.2 Å². The summed E-state index contributed by atoms with van der Waals surface area (Å²) in [6.07, 6.45) is 6.69. The number of aliphatic hydroxyl groups is 1. The third-order valence-electron chi connectivity index (χ3n) is 8.36. The van der Waals surface area contributed by atoms with Gasteiger partial charge in [-0.05, 0) is 108 Å². The van der Waals surface area contributed by atoms with Crippen LogP contribution in [0.1, 0.15) is 61.8 Å². The van der Waals surface area contributed by atoms with Crippen LogP contribution in [0.4, 0.5) is 17.1 Å². The van der Waals surface area contributed by atoms with Crippen LogP contribution in [0.15, 0.2) is 104 Å². The molecule has 1 N–H and O–H groups in total. The number of carbonyl (C=O) groups excluding carboxylic acids is 1. The number of ether oxygens (including phenoxy) is 1. The zero-order chi connectivity index (χ0) is 29.5. The predicted molar refractivity (Wildman–Crippen MR) is 173 cm³/mol. The predicted octanol–water partition coefficient (Wildman–Crippen LogP) is 8.83. The standard InChI is InChI=1S/C38H41NO3/c1-4-37(41)42-26-10-8-12-29-17-21-31(22-18-29)39(30-19-15-28(16-20-30)11-7-9-25-40)32-23-24-34-33-13-5-6-14-35(33)38(2,3)36(34)27-32/h4-6,13-24,27,40H,1,7-12,25-26H2,2-3H3. The molecule has 1 aliphatic rings. The lowest BCUT2D eigenvalue weighted by atomic mass is 9.82. The van der Waals surface area contributed by atoms with E-state index in [1.165, 1.54) is 39.5 Å². The molecule has 4 aromatic carbocycles. The van der Waals surface area contributed by atoms with Crippen LogP contribution in [-0.4, -0.2) is 24.3 Å². The molecule has 4 nitrogen and oxygen atoms in total. The lowest BCUT2D eigenvalue weighted by Gasteiger charge is -2.28. The van der Waals surface area contributed by atoms with Gasteiger partial charge in [0.15, 0.2) is 0 Å². The fraction of sp³-hybridized carbons (Fsp3) is 0.289. The molecule has 0 unspecified atom stereocenters. The highest BCUT2D eigenvalue weighted by Gasteiger charge is 2.35. The summed E-state index contributed by atoms with van der Waals surface area (Å²) in [5.74, 6) is -0.364. The van der Waals surface area contributed by atoms with E-state index in [0.717, 1.165) is 55.6 Å². The average Bonchev–Trinajstić information content (AvgIpc) is 3.24. The van der Waals surface area contributed by atoms with Crippen molar-refractivity contribution in [2.24, 2.45) is 0 Å². The summed E-state index contributed by atoms with van der Waals surface area (Å²) in [5, 5.41) is 9.17. The summed E-state index contributed by atoms with van der Waals surface area (Å²) in [6, 6.07) is 33.3. The molecule has 42 heavy (non-hydrogen) atoms. The van der Waals surface area contributed by atoms with E-state index in [4.69, 9.17) is 9.84 Å². The van der Waals surface area contributed by atoms with Crippen molar-refractivity contribution in [3.8, 4) is 11.1 Å². The first-order valence-corrected chi connectivity index (χ1v) is 15.0. The molecule has 5 rings (SSSR count). The number of unbranched alkanes of at least 4 members (excludes halogenated alkanes) is 2. The van der Waals surface area contributed by atoms with Crippen molar-refractivity contribution in [3.63, 3.8) is 0 Å². The Labute approximate surface area is 250 Å². The Balaban J connectivity index is 1.42. The van der Waals surface area contributed by atoms with Gasteiger partial charge in [-0.15, -0.1) is 0 Å². The monoisotopic (exact) mass is 559 g/mol. The van der Waals surface area contributed by atoms with E-state index in [2.05, 4.69) is 116 Å². The number of anilines is 3. The van der Waals surface area contributed by atoms with Crippen molar-refractivity contribution >= 4 is 23.0 Å². The second-order valence-corrected chi connectivity index (χ2v) is 11.6. The average molecular weight is 560 g/mol. The largest absolute Gasteiger partial charge is 0.463 e. The Morgan fingerprint density at radius 2 is 1.33 bits per heavy atom. The second-order valence-electron chi connectivity index (χ2n) is 11.6. The van der Waals surface area contributed by atoms with Gasteiger partial charge >= 0.3 is 5.97 Å². The Morgan fingerprint density at radius 1 is 0.762 bits per heavy atom. The van der Waals surface area contributed by atoms with Crippen LogP contribution in [0.2, 0.25) is 0 Å². The number of aryl methyl sites for hydroxylation is 2. The maximum Gasteiger partial charge on any atom is 0.330 e. The van der Waals surface area contributed by atoms with Crippen LogP contribution >= 0.6 is 0 Å². The van der Waals surface area contributed by atoms with Crippen LogP contribution in [0.25, 0.3) is 11.1 Å². The number of esters is 1. The number of benzene rings is 4. The molecular formula is C38H41NO3. The maximum absolute atomic E-state index is 11.3. The summed E-state index contributed by atoms with van der Waals surface area (Å²) in [5.41, 5.74) is 11.2. The fourth-order valence-corrected chi connectivity index (χ4v) is 6.01. The molecule has 4 aromatic rings. The van der Waals surface area contributed by atoms with Crippen LogP contribution < -0.4 is 4.90 Å². The molecule has 0 amide bonds.